The number of likely N-dealkylation sites (tertiary alicyclic amines) is 1. The second kappa shape index (κ2) is 7.74. The molecule has 4 heterocycles. The molecule has 0 bridgehead atoms. The van der Waals surface area contributed by atoms with Gasteiger partial charge in [0.05, 0.1) is 25.2 Å². The van der Waals surface area contributed by atoms with E-state index < -0.39 is 0 Å². The highest BCUT2D eigenvalue weighted by Gasteiger charge is 2.45. The number of methoxy groups -OCH3 is 1. The lowest BCUT2D eigenvalue weighted by molar-refractivity contribution is 0.0765. The van der Waals surface area contributed by atoms with Gasteiger partial charge in [-0.3, -0.25) is 4.79 Å². The molecule has 5 rings (SSSR count). The summed E-state index contributed by atoms with van der Waals surface area (Å²) in [6.07, 6.45) is 2.92. The average molecular weight is 436 g/mol. The molecule has 29 heavy (non-hydrogen) atoms. The third kappa shape index (κ3) is 3.58. The number of fused-ring (bicyclic) bond motifs is 2. The fourth-order valence-electron chi connectivity index (χ4n) is 4.63. The first-order valence-electron chi connectivity index (χ1n) is 9.85. The lowest BCUT2D eigenvalue weighted by Gasteiger charge is -2.21. The number of rotatable bonds is 4. The van der Waals surface area contributed by atoms with Crippen molar-refractivity contribution in [1.82, 2.24) is 15.1 Å². The highest BCUT2D eigenvalue weighted by atomic mass is 35.5. The van der Waals surface area contributed by atoms with Crippen LogP contribution in [0.3, 0.4) is 0 Å². The maximum Gasteiger partial charge on any atom is 0.263 e. The highest BCUT2D eigenvalue weighted by molar-refractivity contribution is 7.14. The summed E-state index contributed by atoms with van der Waals surface area (Å²) >= 11 is 7.57. The molecular formula is C20H22ClN3O4S. The van der Waals surface area contributed by atoms with E-state index in [1.54, 1.807) is 17.4 Å². The lowest BCUT2D eigenvalue weighted by atomic mass is 9.99. The molecular weight excluding hydrogens is 414 g/mol. The minimum Gasteiger partial charge on any atom is -0.493 e. The van der Waals surface area contributed by atoms with Gasteiger partial charge in [0.1, 0.15) is 6.10 Å². The lowest BCUT2D eigenvalue weighted by Crippen LogP contribution is -2.32. The van der Waals surface area contributed by atoms with Crippen molar-refractivity contribution in [2.75, 3.05) is 26.8 Å². The molecule has 2 aromatic heterocycles. The number of aromatic nitrogens is 2. The van der Waals surface area contributed by atoms with Crippen LogP contribution in [0, 0.1) is 11.8 Å². The molecule has 3 aliphatic rings. The van der Waals surface area contributed by atoms with E-state index in [2.05, 4.69) is 10.2 Å². The van der Waals surface area contributed by atoms with E-state index in [1.807, 2.05) is 11.0 Å². The van der Waals surface area contributed by atoms with E-state index in [9.17, 15) is 4.79 Å². The van der Waals surface area contributed by atoms with E-state index in [0.717, 1.165) is 37.3 Å². The average Bonchev–Trinajstić information content (AvgIpc) is 3.43. The van der Waals surface area contributed by atoms with Gasteiger partial charge in [-0.25, -0.2) is 0 Å². The van der Waals surface area contributed by atoms with E-state index >= 15 is 0 Å². The second-order valence-electron chi connectivity index (χ2n) is 7.77. The number of halogens is 1. The molecule has 9 heteroatoms. The van der Waals surface area contributed by atoms with Crippen LogP contribution >= 0.6 is 22.9 Å². The van der Waals surface area contributed by atoms with Crippen molar-refractivity contribution in [3.05, 3.63) is 32.6 Å². The molecule has 0 spiro atoms. The number of ether oxygens (including phenoxy) is 3. The number of carbonyl (C=O) groups is 1. The monoisotopic (exact) mass is 435 g/mol. The van der Waals surface area contributed by atoms with Crippen LogP contribution in [0.2, 0.25) is 5.15 Å². The normalized spacial score (nSPS) is 25.6. The Morgan fingerprint density at radius 1 is 1.31 bits per heavy atom. The topological polar surface area (TPSA) is 73.8 Å². The van der Waals surface area contributed by atoms with Crippen LogP contribution in [-0.4, -0.2) is 53.9 Å². The molecule has 2 aromatic rings. The Balaban J connectivity index is 1.27. The number of carbonyl (C=O) groups excluding carboxylic acids is 1. The first-order chi connectivity index (χ1) is 14.1. The minimum atomic E-state index is 0.0166. The van der Waals surface area contributed by atoms with Gasteiger partial charge in [-0.1, -0.05) is 11.6 Å². The maximum absolute atomic E-state index is 13.1. The number of thiophene rings is 1. The van der Waals surface area contributed by atoms with E-state index in [1.165, 1.54) is 17.6 Å². The minimum absolute atomic E-state index is 0.0166. The number of nitrogens with zero attached hydrogens (tertiary/aromatic N) is 3. The molecule has 0 radical (unpaired) electrons. The fourth-order valence-corrected chi connectivity index (χ4v) is 5.92. The molecule has 0 aromatic carbocycles. The van der Waals surface area contributed by atoms with Crippen LogP contribution in [-0.2, 0) is 17.8 Å². The zero-order valence-electron chi connectivity index (χ0n) is 16.1. The molecule has 0 unspecified atom stereocenters. The highest BCUT2D eigenvalue weighted by Crippen LogP contribution is 2.41. The van der Waals surface area contributed by atoms with E-state index in [-0.39, 0.29) is 17.2 Å². The van der Waals surface area contributed by atoms with E-state index in [0.29, 0.717) is 36.6 Å². The Kier molecular flexibility index (Phi) is 5.09. The van der Waals surface area contributed by atoms with Crippen LogP contribution in [0.15, 0.2) is 12.1 Å². The van der Waals surface area contributed by atoms with Gasteiger partial charge in [0, 0.05) is 36.4 Å². The quantitative estimate of drug-likeness (QED) is 0.734. The molecule has 2 aliphatic heterocycles. The summed E-state index contributed by atoms with van der Waals surface area (Å²) in [6.45, 7) is 2.86. The number of hydrogen-bond acceptors (Lipinski definition) is 7. The fraction of sp³-hybridized carbons (Fsp3) is 0.550. The molecule has 7 nitrogen and oxygen atoms in total. The Morgan fingerprint density at radius 3 is 3.03 bits per heavy atom. The Hall–Kier alpha value is -1.90. The SMILES string of the molecule is COc1cc(O[C@@H]2CC[C@H]3CN(C(=O)c4cc5c(s4)CCOC5)C[C@H]32)nnc1Cl. The largest absolute Gasteiger partial charge is 0.493 e. The Labute approximate surface area is 177 Å². The zero-order chi connectivity index (χ0) is 20.0. The van der Waals surface area contributed by atoms with Gasteiger partial charge in [-0.05, 0) is 30.4 Å². The molecule has 1 saturated carbocycles. The summed E-state index contributed by atoms with van der Waals surface area (Å²) in [4.78, 5) is 17.2. The maximum atomic E-state index is 13.1. The second-order valence-corrected chi connectivity index (χ2v) is 9.27. The summed E-state index contributed by atoms with van der Waals surface area (Å²) in [5.41, 5.74) is 1.17. The first kappa shape index (κ1) is 19.1. The molecule has 0 N–H and O–H groups in total. The first-order valence-corrected chi connectivity index (χ1v) is 11.0. The zero-order valence-corrected chi connectivity index (χ0v) is 17.7. The van der Waals surface area contributed by atoms with Gasteiger partial charge in [0.25, 0.3) is 5.91 Å². The Bertz CT molecular complexity index is 913. The van der Waals surface area contributed by atoms with Crippen LogP contribution in [0.5, 0.6) is 11.6 Å². The van der Waals surface area contributed by atoms with Gasteiger partial charge in [0.15, 0.2) is 10.9 Å². The summed E-state index contributed by atoms with van der Waals surface area (Å²) in [6, 6.07) is 3.68. The van der Waals surface area contributed by atoms with Gasteiger partial charge < -0.3 is 19.1 Å². The Morgan fingerprint density at radius 2 is 2.21 bits per heavy atom. The summed E-state index contributed by atoms with van der Waals surface area (Å²) in [5.74, 6) is 1.75. The van der Waals surface area contributed by atoms with E-state index in [4.69, 9.17) is 25.8 Å². The van der Waals surface area contributed by atoms with Crippen LogP contribution in [0.25, 0.3) is 0 Å². The van der Waals surface area contributed by atoms with Crippen molar-refractivity contribution in [2.24, 2.45) is 11.8 Å². The molecule has 1 aliphatic carbocycles. The van der Waals surface area contributed by atoms with Gasteiger partial charge in [-0.2, -0.15) is 0 Å². The van der Waals surface area contributed by atoms with Crippen LogP contribution in [0.4, 0.5) is 0 Å². The van der Waals surface area contributed by atoms with Crippen LogP contribution in [0.1, 0.15) is 33.0 Å². The van der Waals surface area contributed by atoms with Crippen molar-refractivity contribution in [3.63, 3.8) is 0 Å². The van der Waals surface area contributed by atoms with Crippen molar-refractivity contribution < 1.29 is 19.0 Å². The van der Waals surface area contributed by atoms with Gasteiger partial charge in [-0.15, -0.1) is 21.5 Å². The molecule has 154 valence electrons. The predicted molar refractivity (Wildman–Crippen MR) is 108 cm³/mol. The third-order valence-corrected chi connectivity index (χ3v) is 7.59. The van der Waals surface area contributed by atoms with Crippen molar-refractivity contribution in [1.29, 1.82) is 0 Å². The summed E-state index contributed by atoms with van der Waals surface area (Å²) in [5, 5.41) is 8.13. The van der Waals surface area contributed by atoms with Gasteiger partial charge >= 0.3 is 0 Å². The van der Waals surface area contributed by atoms with Crippen molar-refractivity contribution in [2.45, 2.75) is 32.0 Å². The molecule has 1 amide bonds. The van der Waals surface area contributed by atoms with Crippen molar-refractivity contribution in [3.8, 4) is 11.6 Å². The summed E-state index contributed by atoms with van der Waals surface area (Å²) < 4.78 is 16.8. The van der Waals surface area contributed by atoms with Crippen LogP contribution < -0.4 is 9.47 Å². The predicted octanol–water partition coefficient (Wildman–Crippen LogP) is 3.20. The smallest absolute Gasteiger partial charge is 0.263 e. The van der Waals surface area contributed by atoms with Crippen molar-refractivity contribution >= 4 is 28.8 Å². The number of amides is 1. The third-order valence-electron chi connectivity index (χ3n) is 6.10. The molecule has 2 fully saturated rings. The van der Waals surface area contributed by atoms with Gasteiger partial charge in [0.2, 0.25) is 5.88 Å². The number of hydrogen-bond donors (Lipinski definition) is 0. The standard InChI is InChI=1S/C20H22ClN3O4S/c1-26-15-7-18(22-23-19(15)21)28-14-3-2-11-8-24(9-13(11)14)20(25)17-6-12-10-27-5-4-16(12)29-17/h6-7,11,13-14H,2-5,8-10H2,1H3/t11-,13+,14+/m0/s1. The molecule has 3 atom stereocenters. The summed E-state index contributed by atoms with van der Waals surface area (Å²) in [7, 11) is 1.53. The molecule has 1 saturated heterocycles.